The minimum absolute atomic E-state index is 0. The summed E-state index contributed by atoms with van der Waals surface area (Å²) in [5.41, 5.74) is 5.20. The van der Waals surface area contributed by atoms with Crippen LogP contribution in [0.4, 0.5) is 0 Å². The average Bonchev–Trinajstić information content (AvgIpc) is 1.82. The molecule has 0 aliphatic heterocycles. The minimum atomic E-state index is -0.900. The van der Waals surface area contributed by atoms with E-state index < -0.39 is 12.0 Å². The molecule has 0 aromatic rings. The first-order valence-corrected chi connectivity index (χ1v) is 3.17. The molecule has 0 radical (unpaired) electrons. The third kappa shape index (κ3) is 6.04. The van der Waals surface area contributed by atoms with E-state index in [1.54, 1.807) is 0 Å². The topological polar surface area (TPSA) is 63.3 Å². The van der Waals surface area contributed by atoms with Crippen LogP contribution in [0, 0.1) is 0 Å². The lowest BCUT2D eigenvalue weighted by Gasteiger charge is -2.02. The van der Waals surface area contributed by atoms with Crippen LogP contribution in [0.1, 0.15) is 26.2 Å². The maximum absolute atomic E-state index is 10.1. The van der Waals surface area contributed by atoms with Gasteiger partial charge in [-0.3, -0.25) is 4.79 Å². The lowest BCUT2D eigenvalue weighted by Crippen LogP contribution is -2.29. The van der Waals surface area contributed by atoms with E-state index >= 15 is 0 Å². The highest BCUT2D eigenvalue weighted by atomic mass is 79.9. The van der Waals surface area contributed by atoms with Crippen LogP contribution in [0.15, 0.2) is 0 Å². The monoisotopic (exact) mass is 211 g/mol. The van der Waals surface area contributed by atoms with Crippen molar-refractivity contribution in [3.05, 3.63) is 0 Å². The van der Waals surface area contributed by atoms with Crippen LogP contribution < -0.4 is 5.73 Å². The number of hydrogen-bond acceptors (Lipinski definition) is 2. The SMILES string of the molecule is Br.CCCCC(N)C(=O)O. The standard InChI is InChI=1S/C6H13NO2.BrH/c1-2-3-4-5(7)6(8)9;/h5H,2-4,7H2,1H3,(H,8,9);1H. The fraction of sp³-hybridized carbons (Fsp3) is 0.833. The summed E-state index contributed by atoms with van der Waals surface area (Å²) >= 11 is 0. The zero-order chi connectivity index (χ0) is 7.28. The molecule has 0 aliphatic carbocycles. The van der Waals surface area contributed by atoms with Crippen LogP contribution in [-0.4, -0.2) is 17.1 Å². The molecule has 3 nitrogen and oxygen atoms in total. The largest absolute Gasteiger partial charge is 0.480 e. The Labute approximate surface area is 71.4 Å². The molecule has 0 heterocycles. The Morgan fingerprint density at radius 3 is 2.50 bits per heavy atom. The van der Waals surface area contributed by atoms with Gasteiger partial charge in [0, 0.05) is 0 Å². The molecule has 10 heavy (non-hydrogen) atoms. The van der Waals surface area contributed by atoms with Crippen LogP contribution in [-0.2, 0) is 4.79 Å². The van der Waals surface area contributed by atoms with Crippen LogP contribution in [0.2, 0.25) is 0 Å². The smallest absolute Gasteiger partial charge is 0.320 e. The first-order valence-electron chi connectivity index (χ1n) is 3.17. The van der Waals surface area contributed by atoms with Crippen molar-refractivity contribution in [2.24, 2.45) is 5.73 Å². The summed E-state index contributed by atoms with van der Waals surface area (Å²) in [6, 6.07) is -0.662. The van der Waals surface area contributed by atoms with Gasteiger partial charge < -0.3 is 10.8 Å². The summed E-state index contributed by atoms with van der Waals surface area (Å²) in [6.45, 7) is 2.01. The lowest BCUT2D eigenvalue weighted by atomic mass is 10.1. The van der Waals surface area contributed by atoms with Crippen molar-refractivity contribution in [3.8, 4) is 0 Å². The first kappa shape index (κ1) is 12.6. The first-order chi connectivity index (χ1) is 4.18. The maximum atomic E-state index is 10.1. The Bertz CT molecular complexity index is 97.7. The van der Waals surface area contributed by atoms with Gasteiger partial charge in [0.2, 0.25) is 0 Å². The Balaban J connectivity index is 0. The van der Waals surface area contributed by atoms with Crippen molar-refractivity contribution in [1.29, 1.82) is 0 Å². The van der Waals surface area contributed by atoms with Crippen LogP contribution >= 0.6 is 17.0 Å². The molecule has 3 N–H and O–H groups in total. The normalized spacial score (nSPS) is 11.8. The predicted molar refractivity (Wildman–Crippen MR) is 45.5 cm³/mol. The number of unbranched alkanes of at least 4 members (excludes halogenated alkanes) is 1. The van der Waals surface area contributed by atoms with E-state index in [0.717, 1.165) is 12.8 Å². The molecule has 1 unspecified atom stereocenters. The molecule has 0 aromatic heterocycles. The second kappa shape index (κ2) is 7.02. The van der Waals surface area contributed by atoms with Gasteiger partial charge in [0.15, 0.2) is 0 Å². The molecule has 0 saturated carbocycles. The van der Waals surface area contributed by atoms with Gasteiger partial charge in [-0.05, 0) is 6.42 Å². The summed E-state index contributed by atoms with van der Waals surface area (Å²) in [5.74, 6) is -0.900. The Kier molecular flexibility index (Phi) is 8.83. The second-order valence-corrected chi connectivity index (χ2v) is 2.09. The van der Waals surface area contributed by atoms with E-state index in [9.17, 15) is 4.79 Å². The van der Waals surface area contributed by atoms with Gasteiger partial charge in [-0.15, -0.1) is 17.0 Å². The molecule has 0 spiro atoms. The quantitative estimate of drug-likeness (QED) is 0.735. The van der Waals surface area contributed by atoms with Gasteiger partial charge in [-0.25, -0.2) is 0 Å². The molecule has 0 amide bonds. The number of carboxylic acid groups (broad SMARTS) is 1. The molecule has 4 heteroatoms. The van der Waals surface area contributed by atoms with Gasteiger partial charge in [-0.1, -0.05) is 19.8 Å². The van der Waals surface area contributed by atoms with Gasteiger partial charge in [0.25, 0.3) is 0 Å². The molecule has 1 atom stereocenters. The highest BCUT2D eigenvalue weighted by Crippen LogP contribution is 1.96. The Morgan fingerprint density at radius 1 is 1.70 bits per heavy atom. The van der Waals surface area contributed by atoms with Gasteiger partial charge in [0.05, 0.1) is 0 Å². The van der Waals surface area contributed by atoms with E-state index in [1.807, 2.05) is 6.92 Å². The number of rotatable bonds is 4. The average molecular weight is 212 g/mol. The van der Waals surface area contributed by atoms with Crippen molar-refractivity contribution >= 4 is 23.0 Å². The molecular weight excluding hydrogens is 198 g/mol. The van der Waals surface area contributed by atoms with Gasteiger partial charge >= 0.3 is 5.97 Å². The number of aliphatic carboxylic acids is 1. The third-order valence-electron chi connectivity index (χ3n) is 1.19. The second-order valence-electron chi connectivity index (χ2n) is 2.09. The van der Waals surface area contributed by atoms with E-state index in [1.165, 1.54) is 0 Å². The van der Waals surface area contributed by atoms with Crippen molar-refractivity contribution in [2.75, 3.05) is 0 Å². The van der Waals surface area contributed by atoms with Gasteiger partial charge in [0.1, 0.15) is 6.04 Å². The van der Waals surface area contributed by atoms with Crippen LogP contribution in [0.3, 0.4) is 0 Å². The summed E-state index contributed by atoms with van der Waals surface area (Å²) in [6.07, 6.45) is 2.49. The van der Waals surface area contributed by atoms with E-state index in [0.29, 0.717) is 6.42 Å². The van der Waals surface area contributed by atoms with E-state index in [4.69, 9.17) is 10.8 Å². The van der Waals surface area contributed by atoms with Crippen molar-refractivity contribution in [3.63, 3.8) is 0 Å². The third-order valence-corrected chi connectivity index (χ3v) is 1.19. The van der Waals surface area contributed by atoms with Gasteiger partial charge in [-0.2, -0.15) is 0 Å². The van der Waals surface area contributed by atoms with Crippen LogP contribution in [0.25, 0.3) is 0 Å². The number of carboxylic acids is 1. The molecule has 0 saturated heterocycles. The minimum Gasteiger partial charge on any atom is -0.480 e. The van der Waals surface area contributed by atoms with E-state index in [2.05, 4.69) is 0 Å². The number of halogens is 1. The van der Waals surface area contributed by atoms with Crippen molar-refractivity contribution < 1.29 is 9.90 Å². The summed E-state index contributed by atoms with van der Waals surface area (Å²) in [4.78, 5) is 10.1. The molecule has 62 valence electrons. The summed E-state index contributed by atoms with van der Waals surface area (Å²) in [5, 5.41) is 8.28. The van der Waals surface area contributed by atoms with Crippen molar-refractivity contribution in [1.82, 2.24) is 0 Å². The molecule has 0 rings (SSSR count). The molecule has 0 aromatic carbocycles. The number of hydrogen-bond donors (Lipinski definition) is 2. The molecule has 0 bridgehead atoms. The Hall–Kier alpha value is -0.0900. The van der Waals surface area contributed by atoms with E-state index in [-0.39, 0.29) is 17.0 Å². The van der Waals surface area contributed by atoms with Crippen molar-refractivity contribution in [2.45, 2.75) is 32.2 Å². The maximum Gasteiger partial charge on any atom is 0.320 e. The summed E-state index contributed by atoms with van der Waals surface area (Å²) < 4.78 is 0. The molecule has 0 fully saturated rings. The summed E-state index contributed by atoms with van der Waals surface area (Å²) in [7, 11) is 0. The lowest BCUT2D eigenvalue weighted by molar-refractivity contribution is -0.138. The van der Waals surface area contributed by atoms with Crippen LogP contribution in [0.5, 0.6) is 0 Å². The zero-order valence-corrected chi connectivity index (χ0v) is 7.75. The molecule has 0 aliphatic rings. The fourth-order valence-corrected chi connectivity index (χ4v) is 0.548. The number of carbonyl (C=O) groups is 1. The zero-order valence-electron chi connectivity index (χ0n) is 6.04. The number of nitrogens with two attached hydrogens (primary N) is 1. The Morgan fingerprint density at radius 2 is 2.20 bits per heavy atom. The highest BCUT2D eigenvalue weighted by Gasteiger charge is 2.08. The predicted octanol–water partition coefficient (Wildman–Crippen LogP) is 1.17. The molecular formula is C6H14BrNO2. The highest BCUT2D eigenvalue weighted by molar-refractivity contribution is 8.93. The fourth-order valence-electron chi connectivity index (χ4n) is 0.548.